The monoisotopic (exact) mass is 465 g/mol. The van der Waals surface area contributed by atoms with Gasteiger partial charge >= 0.3 is 6.09 Å². The van der Waals surface area contributed by atoms with E-state index in [1.807, 2.05) is 54.6 Å². The van der Waals surface area contributed by atoms with Gasteiger partial charge in [-0.3, -0.25) is 9.59 Å². The highest BCUT2D eigenvalue weighted by atomic mass is 16.5. The van der Waals surface area contributed by atoms with Crippen molar-refractivity contribution in [2.75, 3.05) is 6.54 Å². The number of alkyl carbamates (subject to hydrolysis) is 1. The molecule has 0 saturated heterocycles. The summed E-state index contributed by atoms with van der Waals surface area (Å²) in [5.74, 6) is -1.15. The van der Waals surface area contributed by atoms with Crippen LogP contribution in [0.2, 0.25) is 0 Å². The van der Waals surface area contributed by atoms with Crippen LogP contribution in [-0.4, -0.2) is 41.5 Å². The number of H-pyrrole nitrogens is 1. The van der Waals surface area contributed by atoms with Crippen LogP contribution < -0.4 is 22.1 Å². The Hall–Kier alpha value is -3.85. The molecule has 2 aromatic carbocycles. The van der Waals surface area contributed by atoms with Crippen LogP contribution in [0, 0.1) is 0 Å². The first-order valence-electron chi connectivity index (χ1n) is 11.3. The molecule has 0 bridgehead atoms. The molecule has 0 unspecified atom stereocenters. The normalized spacial score (nSPS) is 12.6. The lowest BCUT2D eigenvalue weighted by atomic mass is 10.0. The Kier molecular flexibility index (Phi) is 9.04. The molecular weight excluding hydrogens is 434 g/mol. The van der Waals surface area contributed by atoms with Gasteiger partial charge in [0.1, 0.15) is 18.7 Å². The summed E-state index contributed by atoms with van der Waals surface area (Å²) in [5, 5.41) is 6.26. The predicted octanol–water partition coefficient (Wildman–Crippen LogP) is 2.10. The number of carbonyl (C=O) groups is 3. The summed E-state index contributed by atoms with van der Waals surface area (Å²) >= 11 is 0. The fourth-order valence-electron chi connectivity index (χ4n) is 3.69. The molecule has 3 aromatic rings. The Morgan fingerprint density at radius 3 is 2.41 bits per heavy atom. The Morgan fingerprint density at radius 2 is 1.68 bits per heavy atom. The molecule has 0 fully saturated rings. The van der Waals surface area contributed by atoms with Crippen LogP contribution in [0.1, 0.15) is 30.4 Å². The van der Waals surface area contributed by atoms with Crippen molar-refractivity contribution in [3.8, 4) is 0 Å². The van der Waals surface area contributed by atoms with Crippen molar-refractivity contribution in [1.29, 1.82) is 0 Å². The molecule has 34 heavy (non-hydrogen) atoms. The number of benzene rings is 2. The second-order valence-corrected chi connectivity index (χ2v) is 8.07. The van der Waals surface area contributed by atoms with Crippen LogP contribution in [-0.2, 0) is 27.4 Å². The second kappa shape index (κ2) is 12.4. The Bertz CT molecular complexity index is 1100. The number of ether oxygens (including phenoxy) is 1. The minimum atomic E-state index is -0.973. The smallest absolute Gasteiger partial charge is 0.408 e. The number of nitrogens with one attached hydrogen (secondary N) is 3. The Balaban J connectivity index is 1.72. The fraction of sp³-hybridized carbons (Fsp3) is 0.320. The van der Waals surface area contributed by atoms with E-state index in [2.05, 4.69) is 15.6 Å². The Labute approximate surface area is 198 Å². The van der Waals surface area contributed by atoms with E-state index in [-0.39, 0.29) is 13.0 Å². The van der Waals surface area contributed by atoms with Gasteiger partial charge in [-0.15, -0.1) is 0 Å². The van der Waals surface area contributed by atoms with E-state index in [1.165, 1.54) is 0 Å². The van der Waals surface area contributed by atoms with E-state index in [9.17, 15) is 14.4 Å². The highest BCUT2D eigenvalue weighted by molar-refractivity contribution is 5.91. The molecule has 9 heteroatoms. The molecule has 0 saturated carbocycles. The summed E-state index contributed by atoms with van der Waals surface area (Å²) in [4.78, 5) is 40.7. The van der Waals surface area contributed by atoms with Gasteiger partial charge in [-0.2, -0.15) is 0 Å². The zero-order valence-electron chi connectivity index (χ0n) is 19.0. The maximum Gasteiger partial charge on any atom is 0.408 e. The van der Waals surface area contributed by atoms with Gasteiger partial charge in [-0.25, -0.2) is 4.79 Å². The van der Waals surface area contributed by atoms with Crippen LogP contribution in [0.25, 0.3) is 10.9 Å². The third-order valence-electron chi connectivity index (χ3n) is 5.53. The molecule has 0 aliphatic heterocycles. The van der Waals surface area contributed by atoms with Crippen LogP contribution in [0.3, 0.4) is 0 Å². The quantitative estimate of drug-likeness (QED) is 0.259. The molecule has 0 radical (unpaired) electrons. The summed E-state index contributed by atoms with van der Waals surface area (Å²) in [6.45, 7) is 0.550. The minimum Gasteiger partial charge on any atom is -0.445 e. The summed E-state index contributed by atoms with van der Waals surface area (Å²) in [6.07, 6.45) is 2.99. The van der Waals surface area contributed by atoms with Crippen LogP contribution in [0.4, 0.5) is 4.79 Å². The van der Waals surface area contributed by atoms with Crippen molar-refractivity contribution in [3.63, 3.8) is 0 Å². The van der Waals surface area contributed by atoms with Gasteiger partial charge in [0.05, 0.1) is 0 Å². The van der Waals surface area contributed by atoms with Gasteiger partial charge in [0.2, 0.25) is 11.8 Å². The molecule has 0 spiro atoms. The van der Waals surface area contributed by atoms with E-state index in [1.54, 1.807) is 6.20 Å². The molecule has 7 N–H and O–H groups in total. The SMILES string of the molecule is NCCCC[C@H](NC(=O)[C@H](Cc1c[nH]c2ccccc12)NC(=O)OCc1ccccc1)C(N)=O. The lowest BCUT2D eigenvalue weighted by Gasteiger charge is -2.22. The van der Waals surface area contributed by atoms with Crippen LogP contribution >= 0.6 is 0 Å². The average molecular weight is 466 g/mol. The average Bonchev–Trinajstić information content (AvgIpc) is 3.25. The van der Waals surface area contributed by atoms with Crippen molar-refractivity contribution >= 4 is 28.8 Å². The van der Waals surface area contributed by atoms with Crippen LogP contribution in [0.15, 0.2) is 60.8 Å². The second-order valence-electron chi connectivity index (χ2n) is 8.07. The third-order valence-corrected chi connectivity index (χ3v) is 5.53. The zero-order chi connectivity index (χ0) is 24.3. The van der Waals surface area contributed by atoms with Crippen molar-refractivity contribution in [3.05, 3.63) is 71.9 Å². The summed E-state index contributed by atoms with van der Waals surface area (Å²) in [6, 6.07) is 15.1. The number of unbranched alkanes of at least 4 members (excludes halogenated alkanes) is 1. The van der Waals surface area contributed by atoms with Gasteiger partial charge < -0.3 is 31.8 Å². The fourth-order valence-corrected chi connectivity index (χ4v) is 3.69. The first kappa shape index (κ1) is 24.8. The van der Waals surface area contributed by atoms with Crippen molar-refractivity contribution in [2.45, 2.75) is 44.4 Å². The van der Waals surface area contributed by atoms with E-state index in [0.29, 0.717) is 25.8 Å². The lowest BCUT2D eigenvalue weighted by molar-refractivity contribution is -0.128. The van der Waals surface area contributed by atoms with Crippen molar-refractivity contribution < 1.29 is 19.1 Å². The topological polar surface area (TPSA) is 152 Å². The predicted molar refractivity (Wildman–Crippen MR) is 130 cm³/mol. The molecule has 0 aliphatic rings. The summed E-state index contributed by atoms with van der Waals surface area (Å²) < 4.78 is 5.30. The highest BCUT2D eigenvalue weighted by Gasteiger charge is 2.27. The number of amides is 3. The number of aromatic nitrogens is 1. The molecular formula is C25H31N5O4. The number of para-hydroxylation sites is 1. The molecule has 180 valence electrons. The number of primary amides is 1. The number of hydrogen-bond donors (Lipinski definition) is 5. The minimum absolute atomic E-state index is 0.0666. The maximum atomic E-state index is 13.1. The van der Waals surface area contributed by atoms with Crippen molar-refractivity contribution in [1.82, 2.24) is 15.6 Å². The molecule has 3 rings (SSSR count). The van der Waals surface area contributed by atoms with Gasteiger partial charge in [0.15, 0.2) is 0 Å². The molecule has 2 atom stereocenters. The maximum absolute atomic E-state index is 13.1. The lowest BCUT2D eigenvalue weighted by Crippen LogP contribution is -2.53. The van der Waals surface area contributed by atoms with Crippen LogP contribution in [0.5, 0.6) is 0 Å². The van der Waals surface area contributed by atoms with Crippen molar-refractivity contribution in [2.24, 2.45) is 11.5 Å². The van der Waals surface area contributed by atoms with Gasteiger partial charge in [-0.05, 0) is 43.0 Å². The number of carbonyl (C=O) groups excluding carboxylic acids is 3. The molecule has 0 aliphatic carbocycles. The number of nitrogens with two attached hydrogens (primary N) is 2. The number of hydrogen-bond acceptors (Lipinski definition) is 5. The number of aromatic amines is 1. The molecule has 9 nitrogen and oxygen atoms in total. The summed E-state index contributed by atoms with van der Waals surface area (Å²) in [7, 11) is 0. The highest BCUT2D eigenvalue weighted by Crippen LogP contribution is 2.19. The Morgan fingerprint density at radius 1 is 0.941 bits per heavy atom. The van der Waals surface area contributed by atoms with Gasteiger partial charge in [0, 0.05) is 23.5 Å². The first-order chi connectivity index (χ1) is 16.5. The van der Waals surface area contributed by atoms with Gasteiger partial charge in [-0.1, -0.05) is 48.5 Å². The number of rotatable bonds is 12. The largest absolute Gasteiger partial charge is 0.445 e. The molecule has 3 amide bonds. The first-order valence-corrected chi connectivity index (χ1v) is 11.3. The van der Waals surface area contributed by atoms with E-state index >= 15 is 0 Å². The zero-order valence-corrected chi connectivity index (χ0v) is 19.0. The van der Waals surface area contributed by atoms with E-state index < -0.39 is 30.0 Å². The standard InChI is InChI=1S/C25H31N5O4/c26-13-7-6-12-21(23(27)31)29-24(32)22(14-18-15-28-20-11-5-4-10-19(18)20)30-25(33)34-16-17-8-2-1-3-9-17/h1-5,8-11,15,21-22,28H,6-7,12-14,16,26H2,(H2,27,31)(H,29,32)(H,30,33)/t21-,22-/m0/s1. The van der Waals surface area contributed by atoms with Gasteiger partial charge in [0.25, 0.3) is 0 Å². The van der Waals surface area contributed by atoms with E-state index in [0.717, 1.165) is 22.0 Å². The van der Waals surface area contributed by atoms with E-state index in [4.69, 9.17) is 16.2 Å². The third kappa shape index (κ3) is 7.08. The summed E-state index contributed by atoms with van der Waals surface area (Å²) in [5.41, 5.74) is 13.6. The molecule has 1 aromatic heterocycles. The molecule has 1 heterocycles. The number of fused-ring (bicyclic) bond motifs is 1.